The largest absolute Gasteiger partial charge is 0.444 e. The summed E-state index contributed by atoms with van der Waals surface area (Å²) in [5.41, 5.74) is 5.75. The first-order valence-corrected chi connectivity index (χ1v) is 5.74. The highest BCUT2D eigenvalue weighted by atomic mass is 19.1. The molecule has 0 aromatic heterocycles. The number of nitrogens with two attached hydrogens (primary N) is 1. The molecule has 0 fully saturated rings. The molecule has 1 rings (SSSR count). The summed E-state index contributed by atoms with van der Waals surface area (Å²) >= 11 is 0. The van der Waals surface area contributed by atoms with Crippen LogP contribution < -0.4 is 11.1 Å². The Morgan fingerprint density at radius 3 is 2.50 bits per heavy atom. The molecule has 1 aromatic rings. The molecule has 4 nitrogen and oxygen atoms in total. The van der Waals surface area contributed by atoms with Crippen LogP contribution in [0.1, 0.15) is 39.3 Å². The van der Waals surface area contributed by atoms with E-state index in [2.05, 4.69) is 5.32 Å². The Hall–Kier alpha value is -1.62. The number of carbonyl (C=O) groups excluding carboxylic acids is 1. The van der Waals surface area contributed by atoms with Crippen molar-refractivity contribution in [2.45, 2.75) is 39.3 Å². The number of rotatable bonds is 2. The molecule has 5 heteroatoms. The van der Waals surface area contributed by atoms with Crippen molar-refractivity contribution in [3.8, 4) is 0 Å². The summed E-state index contributed by atoms with van der Waals surface area (Å²) in [6.07, 6.45) is -0.615. The number of ether oxygens (including phenoxy) is 1. The third kappa shape index (κ3) is 4.33. The fourth-order valence-electron chi connectivity index (χ4n) is 1.40. The molecule has 0 heterocycles. The van der Waals surface area contributed by atoms with Crippen LogP contribution in [0, 0.1) is 5.82 Å². The van der Waals surface area contributed by atoms with Gasteiger partial charge in [0.05, 0.1) is 0 Å². The van der Waals surface area contributed by atoms with Gasteiger partial charge in [-0.1, -0.05) is 6.07 Å². The number of halogens is 1. The van der Waals surface area contributed by atoms with Crippen molar-refractivity contribution in [2.75, 3.05) is 5.32 Å². The lowest BCUT2D eigenvalue weighted by Crippen LogP contribution is -2.27. The summed E-state index contributed by atoms with van der Waals surface area (Å²) < 4.78 is 18.7. The third-order valence-corrected chi connectivity index (χ3v) is 2.14. The van der Waals surface area contributed by atoms with E-state index in [1.54, 1.807) is 39.8 Å². The lowest BCUT2D eigenvalue weighted by Gasteiger charge is -2.19. The van der Waals surface area contributed by atoms with Gasteiger partial charge in [0.2, 0.25) is 0 Å². The molecule has 1 amide bonds. The van der Waals surface area contributed by atoms with Gasteiger partial charge in [0, 0.05) is 17.3 Å². The quantitative estimate of drug-likeness (QED) is 0.851. The molecular weight excluding hydrogens is 235 g/mol. The van der Waals surface area contributed by atoms with Gasteiger partial charge in [-0.25, -0.2) is 9.18 Å². The highest BCUT2D eigenvalue weighted by Gasteiger charge is 2.16. The lowest BCUT2D eigenvalue weighted by atomic mass is 10.1. The Morgan fingerprint density at radius 1 is 1.44 bits per heavy atom. The van der Waals surface area contributed by atoms with E-state index in [0.717, 1.165) is 0 Å². The van der Waals surface area contributed by atoms with E-state index in [4.69, 9.17) is 10.5 Å². The fraction of sp³-hybridized carbons (Fsp3) is 0.462. The zero-order chi connectivity index (χ0) is 13.9. The van der Waals surface area contributed by atoms with Gasteiger partial charge in [0.1, 0.15) is 11.4 Å². The summed E-state index contributed by atoms with van der Waals surface area (Å²) in [5, 5.41) is 2.46. The maximum Gasteiger partial charge on any atom is 0.412 e. The van der Waals surface area contributed by atoms with Gasteiger partial charge in [-0.2, -0.15) is 0 Å². The predicted octanol–water partition coefficient (Wildman–Crippen LogP) is 3.19. The van der Waals surface area contributed by atoms with E-state index < -0.39 is 17.5 Å². The molecule has 0 radical (unpaired) electrons. The van der Waals surface area contributed by atoms with Gasteiger partial charge >= 0.3 is 6.09 Å². The fourth-order valence-corrected chi connectivity index (χ4v) is 1.40. The number of carbonyl (C=O) groups is 1. The topological polar surface area (TPSA) is 64.3 Å². The molecule has 0 spiro atoms. The standard InChI is InChI=1S/C13H19FN2O2/c1-8(15)10-6-5-9(7-11(10)14)16-12(17)18-13(2,3)4/h5-8H,15H2,1-4H3,(H,16,17)/t8-/m1/s1. The van der Waals surface area contributed by atoms with Crippen molar-refractivity contribution >= 4 is 11.8 Å². The molecule has 3 N–H and O–H groups in total. The minimum absolute atomic E-state index is 0.339. The van der Waals surface area contributed by atoms with Gasteiger partial charge in [-0.3, -0.25) is 5.32 Å². The molecule has 0 aliphatic rings. The van der Waals surface area contributed by atoms with Crippen molar-refractivity contribution in [3.63, 3.8) is 0 Å². The predicted molar refractivity (Wildman–Crippen MR) is 68.9 cm³/mol. The second-order valence-electron chi connectivity index (χ2n) is 5.15. The van der Waals surface area contributed by atoms with Crippen molar-refractivity contribution in [1.82, 2.24) is 0 Å². The first kappa shape index (κ1) is 14.4. The Bertz CT molecular complexity index is 439. The van der Waals surface area contributed by atoms with Crippen LogP contribution in [-0.2, 0) is 4.74 Å². The molecule has 0 aliphatic heterocycles. The minimum Gasteiger partial charge on any atom is -0.444 e. The summed E-state index contributed by atoms with van der Waals surface area (Å²) in [5.74, 6) is -0.446. The molecule has 100 valence electrons. The van der Waals surface area contributed by atoms with E-state index in [1.807, 2.05) is 0 Å². The highest BCUT2D eigenvalue weighted by molar-refractivity contribution is 5.84. The molecule has 0 saturated heterocycles. The molecule has 0 unspecified atom stereocenters. The summed E-state index contributed by atoms with van der Waals surface area (Å²) in [6.45, 7) is 6.96. The average Bonchev–Trinajstić information content (AvgIpc) is 2.13. The second-order valence-corrected chi connectivity index (χ2v) is 5.15. The third-order valence-electron chi connectivity index (χ3n) is 2.14. The number of benzene rings is 1. The van der Waals surface area contributed by atoms with Gasteiger partial charge in [-0.05, 0) is 39.8 Å². The first-order valence-electron chi connectivity index (χ1n) is 5.74. The van der Waals surface area contributed by atoms with Crippen LogP contribution in [0.3, 0.4) is 0 Å². The van der Waals surface area contributed by atoms with Gasteiger partial charge in [0.25, 0.3) is 0 Å². The number of hydrogen-bond acceptors (Lipinski definition) is 3. The molecule has 1 atom stereocenters. The zero-order valence-corrected chi connectivity index (χ0v) is 11.1. The Kier molecular flexibility index (Phi) is 4.29. The second kappa shape index (κ2) is 5.35. The van der Waals surface area contributed by atoms with Crippen LogP contribution in [0.4, 0.5) is 14.9 Å². The lowest BCUT2D eigenvalue weighted by molar-refractivity contribution is 0.0636. The number of anilines is 1. The van der Waals surface area contributed by atoms with E-state index in [9.17, 15) is 9.18 Å². The van der Waals surface area contributed by atoms with E-state index in [0.29, 0.717) is 11.3 Å². The number of hydrogen-bond donors (Lipinski definition) is 2. The maximum atomic E-state index is 13.6. The van der Waals surface area contributed by atoms with Crippen LogP contribution in [0.5, 0.6) is 0 Å². The van der Waals surface area contributed by atoms with E-state index in [-0.39, 0.29) is 6.04 Å². The SMILES string of the molecule is C[C@@H](N)c1ccc(NC(=O)OC(C)(C)C)cc1F. The summed E-state index contributed by atoms with van der Waals surface area (Å²) in [6, 6.07) is 3.97. The van der Waals surface area contributed by atoms with Crippen molar-refractivity contribution < 1.29 is 13.9 Å². The summed E-state index contributed by atoms with van der Waals surface area (Å²) in [4.78, 5) is 11.5. The Labute approximate surface area is 106 Å². The van der Waals surface area contributed by atoms with Crippen LogP contribution in [0.25, 0.3) is 0 Å². The molecule has 0 saturated carbocycles. The monoisotopic (exact) mass is 254 g/mol. The Balaban J connectivity index is 2.75. The van der Waals surface area contributed by atoms with Gasteiger partial charge in [0.15, 0.2) is 0 Å². The van der Waals surface area contributed by atoms with Crippen LogP contribution in [0.15, 0.2) is 18.2 Å². The zero-order valence-electron chi connectivity index (χ0n) is 11.1. The van der Waals surface area contributed by atoms with Crippen LogP contribution in [-0.4, -0.2) is 11.7 Å². The van der Waals surface area contributed by atoms with Crippen LogP contribution >= 0.6 is 0 Å². The summed E-state index contributed by atoms with van der Waals surface area (Å²) in [7, 11) is 0. The molecule has 18 heavy (non-hydrogen) atoms. The number of amides is 1. The van der Waals surface area contributed by atoms with E-state index >= 15 is 0 Å². The van der Waals surface area contributed by atoms with Gasteiger partial charge in [-0.15, -0.1) is 0 Å². The molecular formula is C13H19FN2O2. The maximum absolute atomic E-state index is 13.6. The normalized spacial score (nSPS) is 13.0. The minimum atomic E-state index is -0.615. The van der Waals surface area contributed by atoms with Crippen LogP contribution in [0.2, 0.25) is 0 Å². The molecule has 0 bridgehead atoms. The highest BCUT2D eigenvalue weighted by Crippen LogP contribution is 2.19. The van der Waals surface area contributed by atoms with Gasteiger partial charge < -0.3 is 10.5 Å². The first-order chi connectivity index (χ1) is 8.19. The smallest absolute Gasteiger partial charge is 0.412 e. The van der Waals surface area contributed by atoms with E-state index in [1.165, 1.54) is 6.07 Å². The van der Waals surface area contributed by atoms with Crippen molar-refractivity contribution in [1.29, 1.82) is 0 Å². The number of nitrogens with one attached hydrogen (secondary N) is 1. The molecule has 1 aromatic carbocycles. The Morgan fingerprint density at radius 2 is 2.06 bits per heavy atom. The van der Waals surface area contributed by atoms with Crippen molar-refractivity contribution in [2.24, 2.45) is 5.73 Å². The molecule has 0 aliphatic carbocycles. The van der Waals surface area contributed by atoms with Crippen molar-refractivity contribution in [3.05, 3.63) is 29.6 Å². The average molecular weight is 254 g/mol.